The summed E-state index contributed by atoms with van der Waals surface area (Å²) < 4.78 is 28.3. The van der Waals surface area contributed by atoms with Crippen LogP contribution >= 0.6 is 0 Å². The molecule has 20 heavy (non-hydrogen) atoms. The van der Waals surface area contributed by atoms with E-state index in [2.05, 4.69) is 9.71 Å². The summed E-state index contributed by atoms with van der Waals surface area (Å²) in [6.45, 7) is 9.13. The molecule has 2 N–H and O–H groups in total. The number of hydrogen-bond donors (Lipinski definition) is 2. The maximum absolute atomic E-state index is 12.2. The zero-order valence-electron chi connectivity index (χ0n) is 12.3. The molecular weight excluding hydrogens is 282 g/mol. The van der Waals surface area contributed by atoms with Gasteiger partial charge in [-0.15, -0.1) is 0 Å². The summed E-state index contributed by atoms with van der Waals surface area (Å²) in [6, 6.07) is -1.22. The van der Waals surface area contributed by atoms with Gasteiger partial charge in [-0.1, -0.05) is 20.8 Å². The van der Waals surface area contributed by atoms with E-state index in [-0.39, 0.29) is 5.03 Å². The number of rotatable bonds is 5. The van der Waals surface area contributed by atoms with Crippen molar-refractivity contribution in [3.63, 3.8) is 0 Å². The zero-order chi connectivity index (χ0) is 15.7. The molecule has 0 aliphatic heterocycles. The Morgan fingerprint density at radius 3 is 2.40 bits per heavy atom. The van der Waals surface area contributed by atoms with Crippen LogP contribution in [0.2, 0.25) is 0 Å². The molecule has 0 aromatic carbocycles. The normalized spacial score (nSPS) is 14.2. The third-order valence-corrected chi connectivity index (χ3v) is 4.25. The molecule has 8 heteroatoms. The lowest BCUT2D eigenvalue weighted by atomic mass is 9.88. The number of aryl methyl sites for hydroxylation is 2. The quantitative estimate of drug-likeness (QED) is 0.844. The van der Waals surface area contributed by atoms with Gasteiger partial charge in [0.05, 0.1) is 0 Å². The molecule has 0 amide bonds. The molecule has 0 radical (unpaired) electrons. The van der Waals surface area contributed by atoms with Crippen molar-refractivity contribution in [3.8, 4) is 0 Å². The van der Waals surface area contributed by atoms with Crippen LogP contribution < -0.4 is 4.72 Å². The van der Waals surface area contributed by atoms with Gasteiger partial charge in [0.1, 0.15) is 11.9 Å². The zero-order valence-corrected chi connectivity index (χ0v) is 13.2. The van der Waals surface area contributed by atoms with Gasteiger partial charge < -0.3 is 9.67 Å². The maximum atomic E-state index is 12.2. The fraction of sp³-hybridized carbons (Fsp3) is 0.667. The first-order chi connectivity index (χ1) is 8.99. The molecule has 1 rings (SSSR count). The maximum Gasteiger partial charge on any atom is 0.322 e. The Bertz CT molecular complexity index is 599. The third-order valence-electron chi connectivity index (χ3n) is 2.96. The largest absolute Gasteiger partial charge is 0.480 e. The van der Waals surface area contributed by atoms with Gasteiger partial charge in [0.15, 0.2) is 5.03 Å². The van der Waals surface area contributed by atoms with Crippen molar-refractivity contribution in [3.05, 3.63) is 12.0 Å². The van der Waals surface area contributed by atoms with E-state index in [1.165, 1.54) is 6.20 Å². The monoisotopic (exact) mass is 303 g/mol. The van der Waals surface area contributed by atoms with Crippen LogP contribution in [0.1, 0.15) is 33.5 Å². The second-order valence-electron chi connectivity index (χ2n) is 5.67. The summed E-state index contributed by atoms with van der Waals surface area (Å²) in [4.78, 5) is 15.2. The highest BCUT2D eigenvalue weighted by Gasteiger charge is 2.36. The fourth-order valence-corrected chi connectivity index (χ4v) is 3.15. The lowest BCUT2D eigenvalue weighted by Crippen LogP contribution is -2.49. The molecule has 1 aromatic heterocycles. The molecule has 0 saturated heterocycles. The predicted octanol–water partition coefficient (Wildman–Crippen LogP) is 0.989. The molecule has 0 spiro atoms. The average Bonchev–Trinajstić information content (AvgIpc) is 2.66. The lowest BCUT2D eigenvalue weighted by Gasteiger charge is -2.27. The highest BCUT2D eigenvalue weighted by Crippen LogP contribution is 2.21. The number of carbonyl (C=O) groups is 1. The highest BCUT2D eigenvalue weighted by molar-refractivity contribution is 7.89. The molecule has 0 bridgehead atoms. The van der Waals surface area contributed by atoms with Crippen LogP contribution in [0.3, 0.4) is 0 Å². The summed E-state index contributed by atoms with van der Waals surface area (Å²) in [5, 5.41) is 9.01. The predicted molar refractivity (Wildman–Crippen MR) is 73.8 cm³/mol. The van der Waals surface area contributed by atoms with E-state index in [1.807, 2.05) is 6.92 Å². The Hall–Kier alpha value is -1.41. The minimum atomic E-state index is -3.96. The summed E-state index contributed by atoms with van der Waals surface area (Å²) in [6.07, 6.45) is 1.40. The SMILES string of the molecule is CCn1cc(S(=O)(=O)N[C@H](C(=O)O)C(C)(C)C)nc1C. The standard InChI is InChI=1S/C12H21N3O4S/c1-6-15-7-9(13-8(15)2)20(18,19)14-10(11(16)17)12(3,4)5/h7,10,14H,6H2,1-5H3,(H,16,17)/t10-/m1/s1. The van der Waals surface area contributed by atoms with Crippen molar-refractivity contribution >= 4 is 16.0 Å². The van der Waals surface area contributed by atoms with Crippen molar-refractivity contribution in [2.45, 2.75) is 52.2 Å². The number of hydrogen-bond acceptors (Lipinski definition) is 4. The average molecular weight is 303 g/mol. The van der Waals surface area contributed by atoms with Gasteiger partial charge in [-0.05, 0) is 19.3 Å². The molecular formula is C12H21N3O4S. The van der Waals surface area contributed by atoms with E-state index >= 15 is 0 Å². The Morgan fingerprint density at radius 2 is 2.05 bits per heavy atom. The van der Waals surface area contributed by atoms with E-state index in [0.717, 1.165) is 0 Å². The minimum absolute atomic E-state index is 0.160. The molecule has 0 aliphatic rings. The number of sulfonamides is 1. The van der Waals surface area contributed by atoms with E-state index in [0.29, 0.717) is 12.4 Å². The number of aliphatic carboxylic acids is 1. The lowest BCUT2D eigenvalue weighted by molar-refractivity contribution is -0.141. The molecule has 114 valence electrons. The molecule has 0 saturated carbocycles. The Labute approximate surface area is 119 Å². The molecule has 1 atom stereocenters. The van der Waals surface area contributed by atoms with Crippen LogP contribution in [-0.4, -0.2) is 35.1 Å². The first-order valence-corrected chi connectivity index (χ1v) is 7.76. The van der Waals surface area contributed by atoms with Crippen LogP contribution in [0, 0.1) is 12.3 Å². The number of nitrogens with zero attached hydrogens (tertiary/aromatic N) is 2. The topological polar surface area (TPSA) is 101 Å². The molecule has 0 aliphatic carbocycles. The van der Waals surface area contributed by atoms with Gasteiger partial charge >= 0.3 is 5.97 Å². The summed E-state index contributed by atoms with van der Waals surface area (Å²) in [5.74, 6) is -0.650. The number of carboxylic acids is 1. The van der Waals surface area contributed by atoms with Crippen LogP contribution in [-0.2, 0) is 21.4 Å². The summed E-state index contributed by atoms with van der Waals surface area (Å²) >= 11 is 0. The van der Waals surface area contributed by atoms with Crippen LogP contribution in [0.15, 0.2) is 11.2 Å². The summed E-state index contributed by atoms with van der Waals surface area (Å²) in [5.41, 5.74) is -0.749. The second kappa shape index (κ2) is 5.53. The third kappa shape index (κ3) is 3.57. The molecule has 7 nitrogen and oxygen atoms in total. The first kappa shape index (κ1) is 16.6. The smallest absolute Gasteiger partial charge is 0.322 e. The van der Waals surface area contributed by atoms with Crippen molar-refractivity contribution in [2.24, 2.45) is 5.41 Å². The van der Waals surface area contributed by atoms with Crippen LogP contribution in [0.5, 0.6) is 0 Å². The van der Waals surface area contributed by atoms with Crippen molar-refractivity contribution in [2.75, 3.05) is 0 Å². The van der Waals surface area contributed by atoms with Gasteiger partial charge in [0.25, 0.3) is 10.0 Å². The Morgan fingerprint density at radius 1 is 1.50 bits per heavy atom. The number of nitrogens with one attached hydrogen (secondary N) is 1. The number of carboxylic acid groups (broad SMARTS) is 1. The Kier molecular flexibility index (Phi) is 4.60. The first-order valence-electron chi connectivity index (χ1n) is 6.28. The van der Waals surface area contributed by atoms with E-state index in [4.69, 9.17) is 0 Å². The number of imidazole rings is 1. The summed E-state index contributed by atoms with van der Waals surface area (Å²) in [7, 11) is -3.96. The highest BCUT2D eigenvalue weighted by atomic mass is 32.2. The van der Waals surface area contributed by atoms with Gasteiger partial charge in [-0.25, -0.2) is 13.4 Å². The molecule has 0 fully saturated rings. The van der Waals surface area contributed by atoms with Gasteiger partial charge in [0.2, 0.25) is 0 Å². The van der Waals surface area contributed by atoms with Gasteiger partial charge in [-0.3, -0.25) is 4.79 Å². The Balaban J connectivity index is 3.13. The van der Waals surface area contributed by atoms with Crippen molar-refractivity contribution in [1.29, 1.82) is 0 Å². The minimum Gasteiger partial charge on any atom is -0.480 e. The molecule has 1 heterocycles. The van der Waals surface area contributed by atoms with Crippen LogP contribution in [0.4, 0.5) is 0 Å². The van der Waals surface area contributed by atoms with Crippen LogP contribution in [0.25, 0.3) is 0 Å². The van der Waals surface area contributed by atoms with E-state index in [1.54, 1.807) is 32.3 Å². The van der Waals surface area contributed by atoms with Gasteiger partial charge in [-0.2, -0.15) is 4.72 Å². The van der Waals surface area contributed by atoms with E-state index in [9.17, 15) is 18.3 Å². The molecule has 0 unspecified atom stereocenters. The fourth-order valence-electron chi connectivity index (χ4n) is 1.74. The van der Waals surface area contributed by atoms with Crippen molar-refractivity contribution in [1.82, 2.24) is 14.3 Å². The number of aromatic nitrogens is 2. The van der Waals surface area contributed by atoms with Crippen molar-refractivity contribution < 1.29 is 18.3 Å². The molecule has 1 aromatic rings. The van der Waals surface area contributed by atoms with E-state index < -0.39 is 27.4 Å². The van der Waals surface area contributed by atoms with Gasteiger partial charge in [0, 0.05) is 12.7 Å². The second-order valence-corrected chi connectivity index (χ2v) is 7.33.